The molecule has 2 aromatic heterocycles. The Hall–Kier alpha value is -4.23. The first-order valence-corrected chi connectivity index (χ1v) is 13.9. The third kappa shape index (κ3) is 5.82. The zero-order valence-corrected chi connectivity index (χ0v) is 25.2. The Morgan fingerprint density at radius 2 is 1.82 bits per heavy atom. The monoisotopic (exact) mass is 668 g/mol. The Morgan fingerprint density at radius 1 is 1.11 bits per heavy atom. The van der Waals surface area contributed by atoms with Crippen LogP contribution in [0.3, 0.4) is 0 Å². The number of hydrogen-bond donors (Lipinski definition) is 2. The summed E-state index contributed by atoms with van der Waals surface area (Å²) in [6.07, 6.45) is -4.98. The molecule has 0 aliphatic carbocycles. The Morgan fingerprint density at radius 3 is 2.44 bits per heavy atom. The van der Waals surface area contributed by atoms with Crippen LogP contribution in [0, 0.1) is 18.6 Å². The molecule has 0 saturated heterocycles. The van der Waals surface area contributed by atoms with Crippen LogP contribution in [0.25, 0.3) is 22.2 Å². The van der Waals surface area contributed by atoms with E-state index in [1.807, 2.05) is 0 Å². The SMILES string of the molecule is COc1cc(C(=O)NCC(c2cc3c(c(-c4cc(F)c(F)c(Cl)c4)n2)OC[C@]3(C)C(N)=O)C(F)(F)F)cc2cc(Cl)c(C)nc12. The predicted octanol–water partition coefficient (Wildman–Crippen LogP) is 6.41. The second-order valence-corrected chi connectivity index (χ2v) is 11.4. The van der Waals surface area contributed by atoms with E-state index in [-0.39, 0.29) is 40.5 Å². The molecule has 2 aromatic carbocycles. The van der Waals surface area contributed by atoms with Crippen LogP contribution in [0.5, 0.6) is 11.5 Å². The minimum absolute atomic E-state index is 0.0317. The molecule has 0 fully saturated rings. The maximum Gasteiger partial charge on any atom is 0.398 e. The fourth-order valence-electron chi connectivity index (χ4n) is 4.97. The van der Waals surface area contributed by atoms with Gasteiger partial charge >= 0.3 is 6.18 Å². The molecule has 236 valence electrons. The minimum atomic E-state index is -4.98. The second-order valence-electron chi connectivity index (χ2n) is 10.6. The molecule has 45 heavy (non-hydrogen) atoms. The lowest BCUT2D eigenvalue weighted by Gasteiger charge is -2.24. The number of rotatable bonds is 7. The highest BCUT2D eigenvalue weighted by Crippen LogP contribution is 2.47. The second kappa shape index (κ2) is 11.6. The topological polar surface area (TPSA) is 116 Å². The fraction of sp³-hybridized carbons (Fsp3) is 0.267. The first-order valence-electron chi connectivity index (χ1n) is 13.2. The standard InChI is InChI=1S/C30H23Cl2F5N4O4/c1-12-18(31)5-13-4-15(8-22(44-3)24(13)40-12)27(42)39-10-17(30(35,36)37)21-9-16-26(45-11-29(16,2)28(38)43)25(41-21)14-6-19(32)23(34)20(33)7-14/h4-9,17H,10-11H2,1-3H3,(H2,38,43)(H,39,42)/t17?,29-/m0/s1. The number of nitrogens with one attached hydrogen (secondary N) is 1. The van der Waals surface area contributed by atoms with Crippen molar-refractivity contribution in [2.24, 2.45) is 5.73 Å². The number of aryl methyl sites for hydroxylation is 1. The largest absolute Gasteiger partial charge is 0.494 e. The van der Waals surface area contributed by atoms with Gasteiger partial charge in [-0.2, -0.15) is 13.2 Å². The van der Waals surface area contributed by atoms with Gasteiger partial charge in [-0.05, 0) is 50.2 Å². The number of nitrogens with two attached hydrogens (primary N) is 1. The average Bonchev–Trinajstić information content (AvgIpc) is 3.32. The van der Waals surface area contributed by atoms with Crippen LogP contribution in [0.1, 0.15) is 40.2 Å². The van der Waals surface area contributed by atoms with Crippen LogP contribution in [0.4, 0.5) is 22.0 Å². The molecule has 0 spiro atoms. The normalized spacial score (nSPS) is 16.7. The van der Waals surface area contributed by atoms with Crippen LogP contribution in [-0.4, -0.2) is 48.2 Å². The molecular formula is C30H23Cl2F5N4O4. The molecule has 0 radical (unpaired) electrons. The summed E-state index contributed by atoms with van der Waals surface area (Å²) in [5.74, 6) is -6.90. The van der Waals surface area contributed by atoms with Gasteiger partial charge in [-0.3, -0.25) is 9.59 Å². The van der Waals surface area contributed by atoms with Crippen LogP contribution in [0.15, 0.2) is 36.4 Å². The average molecular weight is 669 g/mol. The number of primary amides is 1. The molecule has 2 amide bonds. The molecule has 1 aliphatic rings. The lowest BCUT2D eigenvalue weighted by Crippen LogP contribution is -2.40. The van der Waals surface area contributed by atoms with E-state index in [1.54, 1.807) is 13.0 Å². The number of fused-ring (bicyclic) bond motifs is 2. The van der Waals surface area contributed by atoms with E-state index in [1.165, 1.54) is 26.2 Å². The van der Waals surface area contributed by atoms with Crippen molar-refractivity contribution in [1.82, 2.24) is 15.3 Å². The number of pyridine rings is 2. The quantitative estimate of drug-likeness (QED) is 0.174. The number of methoxy groups -OCH3 is 1. The van der Waals surface area contributed by atoms with Gasteiger partial charge in [0.05, 0.1) is 28.5 Å². The summed E-state index contributed by atoms with van der Waals surface area (Å²) in [5, 5.41) is 2.36. The zero-order chi connectivity index (χ0) is 33.0. The zero-order valence-electron chi connectivity index (χ0n) is 23.7. The first-order chi connectivity index (χ1) is 21.0. The maximum absolute atomic E-state index is 14.6. The van der Waals surface area contributed by atoms with Crippen LogP contribution in [0.2, 0.25) is 10.0 Å². The maximum atomic E-state index is 14.6. The van der Waals surface area contributed by atoms with Crippen molar-refractivity contribution in [3.05, 3.63) is 80.6 Å². The molecule has 8 nitrogen and oxygen atoms in total. The van der Waals surface area contributed by atoms with Gasteiger partial charge in [-0.15, -0.1) is 0 Å². The number of benzene rings is 2. The van der Waals surface area contributed by atoms with E-state index in [0.717, 1.165) is 12.1 Å². The highest BCUT2D eigenvalue weighted by atomic mass is 35.5. The Balaban J connectivity index is 1.58. The fourth-order valence-corrected chi connectivity index (χ4v) is 5.33. The molecule has 0 bridgehead atoms. The number of aromatic nitrogens is 2. The van der Waals surface area contributed by atoms with E-state index in [2.05, 4.69) is 15.3 Å². The van der Waals surface area contributed by atoms with Gasteiger partial charge in [-0.1, -0.05) is 23.2 Å². The highest BCUT2D eigenvalue weighted by Gasteiger charge is 2.47. The third-order valence-corrected chi connectivity index (χ3v) is 8.26. The number of hydrogen-bond acceptors (Lipinski definition) is 6. The number of halogens is 7. The first kappa shape index (κ1) is 32.2. The molecular weight excluding hydrogens is 646 g/mol. The molecule has 1 unspecified atom stereocenters. The summed E-state index contributed by atoms with van der Waals surface area (Å²) in [6, 6.07) is 6.96. The number of carbonyl (C=O) groups excluding carboxylic acids is 2. The molecule has 2 atom stereocenters. The van der Waals surface area contributed by atoms with Crippen molar-refractivity contribution in [1.29, 1.82) is 0 Å². The van der Waals surface area contributed by atoms with Gasteiger partial charge < -0.3 is 20.5 Å². The predicted molar refractivity (Wildman–Crippen MR) is 156 cm³/mol. The Kier molecular flexibility index (Phi) is 8.30. The van der Waals surface area contributed by atoms with Gasteiger partial charge in [0.25, 0.3) is 5.91 Å². The molecule has 0 saturated carbocycles. The number of carbonyl (C=O) groups is 2. The molecule has 15 heteroatoms. The van der Waals surface area contributed by atoms with Gasteiger partial charge in [0.2, 0.25) is 5.91 Å². The smallest absolute Gasteiger partial charge is 0.398 e. The van der Waals surface area contributed by atoms with Crippen LogP contribution >= 0.6 is 23.2 Å². The summed E-state index contributed by atoms with van der Waals surface area (Å²) < 4.78 is 83.0. The lowest BCUT2D eigenvalue weighted by molar-refractivity contribution is -0.149. The lowest BCUT2D eigenvalue weighted by atomic mass is 9.82. The molecule has 3 heterocycles. The number of nitrogens with zero attached hydrogens (tertiary/aromatic N) is 2. The number of ether oxygens (including phenoxy) is 2. The summed E-state index contributed by atoms with van der Waals surface area (Å²) in [5.41, 5.74) is 3.66. The van der Waals surface area contributed by atoms with E-state index < -0.39 is 58.2 Å². The van der Waals surface area contributed by atoms with E-state index in [9.17, 15) is 31.5 Å². The molecule has 3 N–H and O–H groups in total. The van der Waals surface area contributed by atoms with Crippen molar-refractivity contribution in [2.45, 2.75) is 31.4 Å². The van der Waals surface area contributed by atoms with Crippen molar-refractivity contribution < 1.29 is 41.0 Å². The Labute approximate surface area is 262 Å². The van der Waals surface area contributed by atoms with Crippen molar-refractivity contribution >= 4 is 45.9 Å². The van der Waals surface area contributed by atoms with Crippen LogP contribution < -0.4 is 20.5 Å². The summed E-state index contributed by atoms with van der Waals surface area (Å²) in [4.78, 5) is 34.0. The number of amides is 2. The summed E-state index contributed by atoms with van der Waals surface area (Å²) >= 11 is 12.0. The third-order valence-electron chi connectivity index (χ3n) is 7.61. The van der Waals surface area contributed by atoms with Crippen molar-refractivity contribution in [3.8, 4) is 22.8 Å². The van der Waals surface area contributed by atoms with Crippen molar-refractivity contribution in [2.75, 3.05) is 20.3 Å². The molecule has 1 aliphatic heterocycles. The van der Waals surface area contributed by atoms with Crippen LogP contribution in [-0.2, 0) is 10.2 Å². The van der Waals surface area contributed by atoms with E-state index >= 15 is 0 Å². The molecule has 4 aromatic rings. The number of alkyl halides is 3. The highest BCUT2D eigenvalue weighted by molar-refractivity contribution is 6.32. The van der Waals surface area contributed by atoms with Crippen molar-refractivity contribution in [3.63, 3.8) is 0 Å². The van der Waals surface area contributed by atoms with Gasteiger partial charge in [0.1, 0.15) is 40.6 Å². The van der Waals surface area contributed by atoms with E-state index in [0.29, 0.717) is 27.7 Å². The summed E-state index contributed by atoms with van der Waals surface area (Å²) in [6.45, 7) is 1.71. The van der Waals surface area contributed by atoms with Gasteiger partial charge in [-0.25, -0.2) is 18.7 Å². The Bertz CT molecular complexity index is 1870. The minimum Gasteiger partial charge on any atom is -0.494 e. The van der Waals surface area contributed by atoms with Gasteiger partial charge in [0, 0.05) is 28.6 Å². The van der Waals surface area contributed by atoms with Gasteiger partial charge in [0.15, 0.2) is 11.6 Å². The van der Waals surface area contributed by atoms with E-state index in [4.69, 9.17) is 38.4 Å². The molecule has 5 rings (SSSR count). The summed E-state index contributed by atoms with van der Waals surface area (Å²) in [7, 11) is 1.35.